The molecule has 182 valence electrons. The number of carbonyl (C=O) groups excluding carboxylic acids is 1. The lowest BCUT2D eigenvalue weighted by Crippen LogP contribution is -2.17. The third-order valence-electron chi connectivity index (χ3n) is 5.22. The molecule has 0 fully saturated rings. The van der Waals surface area contributed by atoms with Crippen LogP contribution in [0.2, 0.25) is 0 Å². The number of thioether (sulfide) groups is 1. The van der Waals surface area contributed by atoms with Gasteiger partial charge in [-0.15, -0.1) is 11.8 Å². The molecule has 4 aromatic rings. The second kappa shape index (κ2) is 13.0. The second-order valence-corrected chi connectivity index (χ2v) is 9.71. The van der Waals surface area contributed by atoms with Gasteiger partial charge in [0.1, 0.15) is 6.61 Å². The summed E-state index contributed by atoms with van der Waals surface area (Å²) < 4.78 is 12.2. The van der Waals surface area contributed by atoms with Crippen molar-refractivity contribution in [2.24, 2.45) is 5.10 Å². The molecule has 36 heavy (non-hydrogen) atoms. The highest BCUT2D eigenvalue weighted by Gasteiger charge is 2.12. The summed E-state index contributed by atoms with van der Waals surface area (Å²) >= 11 is 5.31. The number of hydrogen-bond donors (Lipinski definition) is 1. The molecule has 0 bridgehead atoms. The van der Waals surface area contributed by atoms with E-state index < -0.39 is 0 Å². The fraction of sp³-hybridized carbons (Fsp3) is 0.103. The SMILES string of the molecule is COc1cc(/C=N\NC(=O)c2ccc(CSc3ccccc3)cc2)cc(Br)c1OCc1ccccc1. The number of nitrogens with one attached hydrogen (secondary N) is 1. The minimum atomic E-state index is -0.276. The number of nitrogens with zero attached hydrogens (tertiary/aromatic N) is 1. The topological polar surface area (TPSA) is 59.9 Å². The molecule has 1 amide bonds. The van der Waals surface area contributed by atoms with Crippen LogP contribution in [0, 0.1) is 0 Å². The number of ether oxygens (including phenoxy) is 2. The molecule has 0 radical (unpaired) electrons. The standard InChI is InChI=1S/C29H25BrN2O3S/c1-34-27-17-23(16-26(30)28(27)35-19-21-8-4-2-5-9-21)18-31-32-29(33)24-14-12-22(13-15-24)20-36-25-10-6-3-7-11-25/h2-18H,19-20H2,1H3,(H,32,33)/b31-18-. The number of hydrogen-bond acceptors (Lipinski definition) is 5. The van der Waals surface area contributed by atoms with Crippen LogP contribution in [0.15, 0.2) is 112 Å². The van der Waals surface area contributed by atoms with Gasteiger partial charge in [0.25, 0.3) is 5.91 Å². The molecule has 1 N–H and O–H groups in total. The van der Waals surface area contributed by atoms with Crippen molar-refractivity contribution in [3.05, 3.63) is 124 Å². The Morgan fingerprint density at radius 1 is 0.944 bits per heavy atom. The number of halogens is 1. The third-order valence-corrected chi connectivity index (χ3v) is 6.89. The fourth-order valence-corrected chi connectivity index (χ4v) is 4.80. The molecule has 0 aliphatic rings. The summed E-state index contributed by atoms with van der Waals surface area (Å²) in [5.41, 5.74) is 6.08. The zero-order valence-corrected chi connectivity index (χ0v) is 22.1. The summed E-state index contributed by atoms with van der Waals surface area (Å²) in [5.74, 6) is 1.73. The van der Waals surface area contributed by atoms with Gasteiger partial charge < -0.3 is 9.47 Å². The van der Waals surface area contributed by atoms with E-state index in [4.69, 9.17) is 9.47 Å². The predicted molar refractivity (Wildman–Crippen MR) is 149 cm³/mol. The van der Waals surface area contributed by atoms with E-state index >= 15 is 0 Å². The summed E-state index contributed by atoms with van der Waals surface area (Å²) in [5, 5.41) is 4.11. The Hall–Kier alpha value is -3.55. The highest BCUT2D eigenvalue weighted by atomic mass is 79.9. The molecule has 0 heterocycles. The van der Waals surface area contributed by atoms with Gasteiger partial charge in [-0.3, -0.25) is 4.79 Å². The molecule has 5 nitrogen and oxygen atoms in total. The Morgan fingerprint density at radius 3 is 2.33 bits per heavy atom. The Morgan fingerprint density at radius 2 is 1.64 bits per heavy atom. The molecule has 4 aromatic carbocycles. The molecule has 0 saturated heterocycles. The Bertz CT molecular complexity index is 1310. The minimum Gasteiger partial charge on any atom is -0.493 e. The van der Waals surface area contributed by atoms with Crippen molar-refractivity contribution in [3.8, 4) is 11.5 Å². The molecular formula is C29H25BrN2O3S. The van der Waals surface area contributed by atoms with Gasteiger partial charge in [0.15, 0.2) is 11.5 Å². The van der Waals surface area contributed by atoms with Gasteiger partial charge >= 0.3 is 0 Å². The molecular weight excluding hydrogens is 536 g/mol. The van der Waals surface area contributed by atoms with Gasteiger partial charge in [-0.2, -0.15) is 5.10 Å². The van der Waals surface area contributed by atoms with Crippen LogP contribution in [0.3, 0.4) is 0 Å². The van der Waals surface area contributed by atoms with Crippen LogP contribution in [0.1, 0.15) is 27.0 Å². The van der Waals surface area contributed by atoms with E-state index in [1.807, 2.05) is 78.9 Å². The number of hydrazone groups is 1. The van der Waals surface area contributed by atoms with Gasteiger partial charge in [-0.25, -0.2) is 5.43 Å². The number of rotatable bonds is 10. The van der Waals surface area contributed by atoms with Crippen LogP contribution >= 0.6 is 27.7 Å². The molecule has 0 atom stereocenters. The zero-order chi connectivity index (χ0) is 25.2. The highest BCUT2D eigenvalue weighted by Crippen LogP contribution is 2.36. The van der Waals surface area contributed by atoms with Crippen LogP contribution in [-0.4, -0.2) is 19.2 Å². The Labute approximate surface area is 223 Å². The van der Waals surface area contributed by atoms with Crippen LogP contribution in [0.5, 0.6) is 11.5 Å². The summed E-state index contributed by atoms with van der Waals surface area (Å²) in [6.07, 6.45) is 1.57. The minimum absolute atomic E-state index is 0.276. The Balaban J connectivity index is 1.33. The lowest BCUT2D eigenvalue weighted by atomic mass is 10.1. The summed E-state index contributed by atoms with van der Waals surface area (Å²) in [6.45, 7) is 0.420. The highest BCUT2D eigenvalue weighted by molar-refractivity contribution is 9.10. The van der Waals surface area contributed by atoms with E-state index in [1.165, 1.54) is 4.90 Å². The zero-order valence-electron chi connectivity index (χ0n) is 19.7. The van der Waals surface area contributed by atoms with Crippen molar-refractivity contribution in [3.63, 3.8) is 0 Å². The van der Waals surface area contributed by atoms with E-state index in [0.717, 1.165) is 26.9 Å². The normalized spacial score (nSPS) is 10.8. The summed E-state index contributed by atoms with van der Waals surface area (Å²) in [4.78, 5) is 13.7. The first-order valence-electron chi connectivity index (χ1n) is 11.3. The van der Waals surface area contributed by atoms with Crippen LogP contribution in [0.4, 0.5) is 0 Å². The molecule has 4 rings (SSSR count). The van der Waals surface area contributed by atoms with E-state index in [-0.39, 0.29) is 5.91 Å². The number of carbonyl (C=O) groups is 1. The van der Waals surface area contributed by atoms with Gasteiger partial charge in [0.05, 0.1) is 17.8 Å². The second-order valence-electron chi connectivity index (χ2n) is 7.81. The smallest absolute Gasteiger partial charge is 0.271 e. The van der Waals surface area contributed by atoms with Gasteiger partial charge in [-0.1, -0.05) is 60.7 Å². The summed E-state index contributed by atoms with van der Waals surface area (Å²) in [7, 11) is 1.59. The monoisotopic (exact) mass is 560 g/mol. The average molecular weight is 562 g/mol. The van der Waals surface area contributed by atoms with Crippen LogP contribution in [-0.2, 0) is 12.4 Å². The van der Waals surface area contributed by atoms with Crippen molar-refractivity contribution in [2.75, 3.05) is 7.11 Å². The number of benzene rings is 4. The molecule has 7 heteroatoms. The van der Waals surface area contributed by atoms with Gasteiger partial charge in [0, 0.05) is 16.2 Å². The van der Waals surface area contributed by atoms with Crippen molar-refractivity contribution in [1.29, 1.82) is 0 Å². The molecule has 0 aliphatic carbocycles. The predicted octanol–water partition coefficient (Wildman–Crippen LogP) is 7.09. The van der Waals surface area contributed by atoms with Crippen LogP contribution < -0.4 is 14.9 Å². The molecule has 0 unspecified atom stereocenters. The van der Waals surface area contributed by atoms with Crippen molar-refractivity contribution >= 4 is 39.8 Å². The first-order valence-corrected chi connectivity index (χ1v) is 13.0. The van der Waals surface area contributed by atoms with Crippen molar-refractivity contribution < 1.29 is 14.3 Å². The summed E-state index contributed by atoms with van der Waals surface area (Å²) in [6, 6.07) is 31.4. The maximum Gasteiger partial charge on any atom is 0.271 e. The Kier molecular flexibility index (Phi) is 9.19. The fourth-order valence-electron chi connectivity index (χ4n) is 3.35. The van der Waals surface area contributed by atoms with E-state index in [0.29, 0.717) is 23.7 Å². The lowest BCUT2D eigenvalue weighted by Gasteiger charge is -2.13. The van der Waals surface area contributed by atoms with E-state index in [1.54, 1.807) is 31.2 Å². The van der Waals surface area contributed by atoms with Crippen molar-refractivity contribution in [1.82, 2.24) is 5.43 Å². The van der Waals surface area contributed by atoms with Crippen molar-refractivity contribution in [2.45, 2.75) is 17.3 Å². The molecule has 0 spiro atoms. The number of methoxy groups -OCH3 is 1. The first kappa shape index (κ1) is 25.5. The quantitative estimate of drug-likeness (QED) is 0.128. The lowest BCUT2D eigenvalue weighted by molar-refractivity contribution is 0.0955. The van der Waals surface area contributed by atoms with Gasteiger partial charge in [0.2, 0.25) is 0 Å². The van der Waals surface area contributed by atoms with E-state index in [2.05, 4.69) is 38.6 Å². The van der Waals surface area contributed by atoms with Crippen LogP contribution in [0.25, 0.3) is 0 Å². The van der Waals surface area contributed by atoms with Gasteiger partial charge in [-0.05, 0) is 69.0 Å². The molecule has 0 saturated carbocycles. The molecule has 0 aromatic heterocycles. The number of amides is 1. The van der Waals surface area contributed by atoms with E-state index in [9.17, 15) is 4.79 Å². The first-order chi connectivity index (χ1) is 17.6. The maximum absolute atomic E-state index is 12.5. The molecule has 0 aliphatic heterocycles. The average Bonchev–Trinajstić information content (AvgIpc) is 2.92. The third kappa shape index (κ3) is 7.23. The largest absolute Gasteiger partial charge is 0.493 e. The maximum atomic E-state index is 12.5.